The van der Waals surface area contributed by atoms with E-state index in [2.05, 4.69) is 19.8 Å². The molecule has 7 nitrogen and oxygen atoms in total. The molecule has 0 amide bonds. The van der Waals surface area contributed by atoms with Gasteiger partial charge < -0.3 is 9.15 Å². The van der Waals surface area contributed by atoms with Crippen molar-refractivity contribution in [2.75, 3.05) is 7.11 Å². The van der Waals surface area contributed by atoms with Crippen molar-refractivity contribution in [1.82, 2.24) is 19.6 Å². The third kappa shape index (κ3) is 2.69. The molecule has 0 aliphatic carbocycles. The van der Waals surface area contributed by atoms with Crippen molar-refractivity contribution in [2.45, 2.75) is 24.8 Å². The Bertz CT molecular complexity index is 840. The predicted octanol–water partition coefficient (Wildman–Crippen LogP) is 2.41. The lowest BCUT2D eigenvalue weighted by molar-refractivity contribution is 0.0564. The van der Waals surface area contributed by atoms with Gasteiger partial charge in [0.15, 0.2) is 0 Å². The van der Waals surface area contributed by atoms with E-state index in [1.54, 1.807) is 10.6 Å². The fraction of sp³-hybridized carbons (Fsp3) is 0.286. The second-order valence-electron chi connectivity index (χ2n) is 4.70. The van der Waals surface area contributed by atoms with Crippen molar-refractivity contribution in [1.29, 1.82) is 0 Å². The van der Waals surface area contributed by atoms with E-state index in [0.717, 1.165) is 17.0 Å². The summed E-state index contributed by atoms with van der Waals surface area (Å²) in [6.45, 7) is 3.87. The number of nitrogens with zero attached hydrogens (tertiary/aromatic N) is 4. The van der Waals surface area contributed by atoms with Gasteiger partial charge in [-0.2, -0.15) is 4.98 Å². The molecule has 0 atom stereocenters. The smallest absolute Gasteiger partial charge is 0.374 e. The van der Waals surface area contributed by atoms with Crippen LogP contribution in [0.15, 0.2) is 28.0 Å². The van der Waals surface area contributed by atoms with Crippen LogP contribution in [0.5, 0.6) is 0 Å². The third-order valence-electron chi connectivity index (χ3n) is 3.07. The highest BCUT2D eigenvalue weighted by Crippen LogP contribution is 2.23. The third-order valence-corrected chi connectivity index (χ3v) is 3.96. The SMILES string of the molecule is COC(=O)c1occc1CSc1nc2nc(C)cc(C)n2n1. The van der Waals surface area contributed by atoms with E-state index in [1.807, 2.05) is 19.9 Å². The van der Waals surface area contributed by atoms with Crippen LogP contribution in [0, 0.1) is 13.8 Å². The summed E-state index contributed by atoms with van der Waals surface area (Å²) in [6, 6.07) is 3.68. The number of esters is 1. The Morgan fingerprint density at radius 1 is 1.41 bits per heavy atom. The molecule has 0 unspecified atom stereocenters. The zero-order chi connectivity index (χ0) is 15.7. The average Bonchev–Trinajstić information content (AvgIpc) is 3.10. The summed E-state index contributed by atoms with van der Waals surface area (Å²) in [6.07, 6.45) is 1.47. The van der Waals surface area contributed by atoms with Gasteiger partial charge in [0.2, 0.25) is 10.9 Å². The molecule has 8 heteroatoms. The molecule has 0 aliphatic rings. The van der Waals surface area contributed by atoms with E-state index in [9.17, 15) is 4.79 Å². The number of furan rings is 1. The van der Waals surface area contributed by atoms with Gasteiger partial charge in [-0.15, -0.1) is 5.10 Å². The quantitative estimate of drug-likeness (QED) is 0.539. The van der Waals surface area contributed by atoms with Gasteiger partial charge in [-0.1, -0.05) is 11.8 Å². The number of carbonyl (C=O) groups excluding carboxylic acids is 1. The van der Waals surface area contributed by atoms with Crippen molar-refractivity contribution in [2.24, 2.45) is 0 Å². The van der Waals surface area contributed by atoms with Crippen LogP contribution in [0.1, 0.15) is 27.5 Å². The molecule has 0 aliphatic heterocycles. The van der Waals surface area contributed by atoms with Gasteiger partial charge >= 0.3 is 5.97 Å². The fourth-order valence-corrected chi connectivity index (χ4v) is 2.87. The molecule has 0 radical (unpaired) electrons. The molecule has 0 fully saturated rings. The van der Waals surface area contributed by atoms with Crippen molar-refractivity contribution in [3.05, 3.63) is 41.1 Å². The number of methoxy groups -OCH3 is 1. The number of carbonyl (C=O) groups is 1. The number of hydrogen-bond acceptors (Lipinski definition) is 7. The number of aryl methyl sites for hydroxylation is 2. The maximum absolute atomic E-state index is 11.6. The Kier molecular flexibility index (Phi) is 3.84. The standard InChI is InChI=1S/C14H14N4O3S/c1-8-6-9(2)18-13(15-8)16-14(17-18)22-7-10-4-5-21-11(10)12(19)20-3/h4-6H,7H2,1-3H3. The molecule has 3 aromatic rings. The lowest BCUT2D eigenvalue weighted by Crippen LogP contribution is -2.02. The van der Waals surface area contributed by atoms with Gasteiger partial charge in [-0.05, 0) is 26.0 Å². The number of ether oxygens (including phenoxy) is 1. The lowest BCUT2D eigenvalue weighted by atomic mass is 10.3. The van der Waals surface area contributed by atoms with Gasteiger partial charge in [0, 0.05) is 22.7 Å². The Hall–Kier alpha value is -2.35. The minimum Gasteiger partial charge on any atom is -0.463 e. The first-order chi connectivity index (χ1) is 10.6. The van der Waals surface area contributed by atoms with Crippen molar-refractivity contribution < 1.29 is 13.9 Å². The molecule has 0 spiro atoms. The van der Waals surface area contributed by atoms with Gasteiger partial charge in [0.25, 0.3) is 5.78 Å². The summed E-state index contributed by atoms with van der Waals surface area (Å²) in [5.74, 6) is 0.802. The van der Waals surface area contributed by atoms with Crippen molar-refractivity contribution in [3.8, 4) is 0 Å². The number of hydrogen-bond donors (Lipinski definition) is 0. The van der Waals surface area contributed by atoms with E-state index in [-0.39, 0.29) is 5.76 Å². The first-order valence-corrected chi connectivity index (χ1v) is 7.55. The first kappa shape index (κ1) is 14.6. The maximum atomic E-state index is 11.6. The first-order valence-electron chi connectivity index (χ1n) is 6.57. The van der Waals surface area contributed by atoms with Gasteiger partial charge in [-0.25, -0.2) is 14.3 Å². The summed E-state index contributed by atoms with van der Waals surface area (Å²) in [5, 5.41) is 5.00. The van der Waals surface area contributed by atoms with Crippen molar-refractivity contribution >= 4 is 23.5 Å². The van der Waals surface area contributed by atoms with E-state index in [4.69, 9.17) is 4.42 Å². The van der Waals surface area contributed by atoms with Crippen molar-refractivity contribution in [3.63, 3.8) is 0 Å². The maximum Gasteiger partial charge on any atom is 0.374 e. The van der Waals surface area contributed by atoms with Crippen LogP contribution in [0.2, 0.25) is 0 Å². The summed E-state index contributed by atoms with van der Waals surface area (Å²) >= 11 is 1.41. The molecule has 0 saturated heterocycles. The molecule has 3 aromatic heterocycles. The summed E-state index contributed by atoms with van der Waals surface area (Å²) in [4.78, 5) is 20.3. The van der Waals surface area contributed by atoms with Crippen LogP contribution < -0.4 is 0 Å². The molecule has 0 aromatic carbocycles. The molecular weight excluding hydrogens is 304 g/mol. The highest BCUT2D eigenvalue weighted by Gasteiger charge is 2.17. The van der Waals surface area contributed by atoms with Crippen LogP contribution >= 0.6 is 11.8 Å². The van der Waals surface area contributed by atoms with Crippen LogP contribution in [0.4, 0.5) is 0 Å². The van der Waals surface area contributed by atoms with Gasteiger partial charge in [-0.3, -0.25) is 0 Å². The lowest BCUT2D eigenvalue weighted by Gasteiger charge is -1.99. The predicted molar refractivity (Wildman–Crippen MR) is 79.9 cm³/mol. The molecule has 114 valence electrons. The molecular formula is C14H14N4O3S. The van der Waals surface area contributed by atoms with E-state index < -0.39 is 5.97 Å². The summed E-state index contributed by atoms with van der Waals surface area (Å²) < 4.78 is 11.5. The summed E-state index contributed by atoms with van der Waals surface area (Å²) in [5.41, 5.74) is 2.62. The Balaban J connectivity index is 1.81. The average molecular weight is 318 g/mol. The molecule has 0 saturated carbocycles. The van der Waals surface area contributed by atoms with Gasteiger partial charge in [0.1, 0.15) is 0 Å². The Labute approximate surface area is 130 Å². The fourth-order valence-electron chi connectivity index (χ4n) is 2.07. The highest BCUT2D eigenvalue weighted by atomic mass is 32.2. The van der Waals surface area contributed by atoms with E-state index >= 15 is 0 Å². The minimum absolute atomic E-state index is 0.212. The normalized spacial score (nSPS) is 11.0. The van der Waals surface area contributed by atoms with Gasteiger partial charge in [0.05, 0.1) is 13.4 Å². The Morgan fingerprint density at radius 2 is 2.23 bits per heavy atom. The van der Waals surface area contributed by atoms with Crippen LogP contribution in [0.3, 0.4) is 0 Å². The van der Waals surface area contributed by atoms with Crippen LogP contribution in [0.25, 0.3) is 5.78 Å². The minimum atomic E-state index is -0.489. The number of aromatic nitrogens is 4. The Morgan fingerprint density at radius 3 is 3.00 bits per heavy atom. The molecule has 3 rings (SSSR count). The van der Waals surface area contributed by atoms with Crippen LogP contribution in [-0.2, 0) is 10.5 Å². The monoisotopic (exact) mass is 318 g/mol. The topological polar surface area (TPSA) is 82.5 Å². The molecule has 0 N–H and O–H groups in total. The van der Waals surface area contributed by atoms with E-state index in [1.165, 1.54) is 25.1 Å². The highest BCUT2D eigenvalue weighted by molar-refractivity contribution is 7.98. The molecule has 22 heavy (non-hydrogen) atoms. The second-order valence-corrected chi connectivity index (χ2v) is 5.64. The number of fused-ring (bicyclic) bond motifs is 1. The zero-order valence-electron chi connectivity index (χ0n) is 12.4. The van der Waals surface area contributed by atoms with E-state index in [0.29, 0.717) is 16.7 Å². The molecule has 0 bridgehead atoms. The number of rotatable bonds is 4. The number of thioether (sulfide) groups is 1. The largest absolute Gasteiger partial charge is 0.463 e. The van der Waals surface area contributed by atoms with Crippen LogP contribution in [-0.4, -0.2) is 32.7 Å². The molecule has 3 heterocycles. The zero-order valence-corrected chi connectivity index (χ0v) is 13.2. The summed E-state index contributed by atoms with van der Waals surface area (Å²) in [7, 11) is 1.32. The second kappa shape index (κ2) is 5.80.